The maximum absolute atomic E-state index is 15.1. The first-order valence-electron chi connectivity index (χ1n) is 13.2. The molecular formula is C26H43FN6O3S2+2. The molecule has 2 aromatic rings. The second-order valence-electron chi connectivity index (χ2n) is 9.62. The summed E-state index contributed by atoms with van der Waals surface area (Å²) in [6.07, 6.45) is 1.95. The van der Waals surface area contributed by atoms with Crippen LogP contribution in [0, 0.1) is 11.7 Å². The fraction of sp³-hybridized carbons (Fsp3) is 0.538. The van der Waals surface area contributed by atoms with Gasteiger partial charge in [0.2, 0.25) is 5.69 Å². The Bertz CT molecular complexity index is 1010. The van der Waals surface area contributed by atoms with Crippen LogP contribution >= 0.6 is 25.6 Å². The van der Waals surface area contributed by atoms with Crippen LogP contribution in [0.15, 0.2) is 42.5 Å². The summed E-state index contributed by atoms with van der Waals surface area (Å²) in [6.45, 7) is 10.1. The van der Waals surface area contributed by atoms with Crippen LogP contribution in [-0.4, -0.2) is 80.4 Å². The molecule has 0 aromatic heterocycles. The molecular weight excluding hydrogens is 527 g/mol. The number of rotatable bonds is 8. The van der Waals surface area contributed by atoms with Gasteiger partial charge in [-0.2, -0.15) is 15.8 Å². The van der Waals surface area contributed by atoms with Gasteiger partial charge in [-0.3, -0.25) is 4.90 Å². The molecule has 2 aliphatic heterocycles. The second kappa shape index (κ2) is 13.6. The second-order valence-corrected chi connectivity index (χ2v) is 10.8. The predicted octanol–water partition coefficient (Wildman–Crippen LogP) is 4.99. The van der Waals surface area contributed by atoms with Crippen LogP contribution in [-0.2, 0) is 4.74 Å². The van der Waals surface area contributed by atoms with Gasteiger partial charge in [-0.25, -0.2) is 4.39 Å². The lowest BCUT2D eigenvalue weighted by molar-refractivity contribution is -0.116. The molecule has 38 heavy (non-hydrogen) atoms. The number of morpholine rings is 1. The summed E-state index contributed by atoms with van der Waals surface area (Å²) in [4.78, 5) is 4.50. The molecule has 2 atom stereocenters. The monoisotopic (exact) mass is 570 g/mol. The van der Waals surface area contributed by atoms with Gasteiger partial charge in [-0.05, 0) is 35.1 Å². The molecule has 0 saturated carbocycles. The zero-order valence-corrected chi connectivity index (χ0v) is 24.6. The minimum Gasteiger partial charge on any atom is -0.379 e. The van der Waals surface area contributed by atoms with Crippen molar-refractivity contribution < 1.29 is 19.5 Å². The molecule has 0 spiro atoms. The van der Waals surface area contributed by atoms with E-state index in [1.807, 2.05) is 18.7 Å². The molecule has 12 heteroatoms. The molecule has 0 bridgehead atoms. The van der Waals surface area contributed by atoms with E-state index in [0.717, 1.165) is 58.8 Å². The molecule has 212 valence electrons. The summed E-state index contributed by atoms with van der Waals surface area (Å²) in [6, 6.07) is 11.3. The van der Waals surface area contributed by atoms with Crippen LogP contribution in [0.1, 0.15) is 26.7 Å². The number of hydrogen-bond acceptors (Lipinski definition) is 9. The number of benzene rings is 2. The summed E-state index contributed by atoms with van der Waals surface area (Å²) in [5.74, 6) is 0.225. The highest BCUT2D eigenvalue weighted by atomic mass is 32.1. The van der Waals surface area contributed by atoms with E-state index in [1.54, 1.807) is 50.5 Å². The molecule has 2 aliphatic rings. The number of anilines is 2. The lowest BCUT2D eigenvalue weighted by Gasteiger charge is -2.38. The summed E-state index contributed by atoms with van der Waals surface area (Å²) in [5, 5.41) is 23.1. The highest BCUT2D eigenvalue weighted by Crippen LogP contribution is 2.36. The Hall–Kier alpha value is -1.61. The fourth-order valence-corrected chi connectivity index (χ4v) is 5.11. The Balaban J connectivity index is 0.00000195. The predicted molar refractivity (Wildman–Crippen MR) is 159 cm³/mol. The zero-order valence-electron chi connectivity index (χ0n) is 22.8. The van der Waals surface area contributed by atoms with E-state index in [0.29, 0.717) is 28.7 Å². The van der Waals surface area contributed by atoms with Gasteiger partial charge in [0.05, 0.1) is 13.2 Å². The topological polar surface area (TPSA) is 71.4 Å². The maximum atomic E-state index is 15.1. The minimum atomic E-state index is -0.996. The van der Waals surface area contributed by atoms with Crippen LogP contribution in [0.5, 0.6) is 0 Å². The lowest BCUT2D eigenvalue weighted by Crippen LogP contribution is -2.47. The van der Waals surface area contributed by atoms with Crippen LogP contribution < -0.4 is 18.6 Å². The molecule has 2 heterocycles. The Labute approximate surface area is 237 Å². The number of para-hydroxylation sites is 1. The van der Waals surface area contributed by atoms with Crippen molar-refractivity contribution in [2.45, 2.75) is 26.7 Å². The molecule has 0 amide bonds. The van der Waals surface area contributed by atoms with Gasteiger partial charge in [-0.15, -0.1) is 5.01 Å². The molecule has 2 fully saturated rings. The smallest absolute Gasteiger partial charge is 0.204 e. The molecule has 3 N–H and O–H groups in total. The largest absolute Gasteiger partial charge is 0.379 e. The van der Waals surface area contributed by atoms with E-state index in [-0.39, 0.29) is 5.82 Å². The summed E-state index contributed by atoms with van der Waals surface area (Å²) < 4.78 is 18.8. The van der Waals surface area contributed by atoms with Crippen molar-refractivity contribution >= 4 is 48.4 Å². The fourth-order valence-electron chi connectivity index (χ4n) is 4.74. The first kappa shape index (κ1) is 30.9. The van der Waals surface area contributed by atoms with Crippen molar-refractivity contribution in [2.24, 2.45) is 5.92 Å². The molecule has 2 unspecified atom stereocenters. The first-order chi connectivity index (χ1) is 18.1. The molecule has 4 rings (SSSR count). The number of quaternary nitrogens is 2. The third-order valence-electron chi connectivity index (χ3n) is 6.93. The van der Waals surface area contributed by atoms with Crippen LogP contribution in [0.25, 0.3) is 0 Å². The van der Waals surface area contributed by atoms with Crippen LogP contribution in [0.2, 0.25) is 0 Å². The van der Waals surface area contributed by atoms with E-state index in [2.05, 4.69) is 36.0 Å². The van der Waals surface area contributed by atoms with Crippen molar-refractivity contribution in [1.29, 1.82) is 0 Å². The van der Waals surface area contributed by atoms with Crippen molar-refractivity contribution in [3.8, 4) is 0 Å². The highest BCUT2D eigenvalue weighted by molar-refractivity contribution is 7.79. The number of nitrogens with one attached hydrogen (secondary N) is 1. The average Bonchev–Trinajstić information content (AvgIpc) is 2.91. The van der Waals surface area contributed by atoms with Gasteiger partial charge in [0.1, 0.15) is 42.8 Å². The Morgan fingerprint density at radius 1 is 0.974 bits per heavy atom. The van der Waals surface area contributed by atoms with Crippen LogP contribution in [0.4, 0.5) is 27.1 Å². The van der Waals surface area contributed by atoms with E-state index < -0.39 is 8.32 Å². The summed E-state index contributed by atoms with van der Waals surface area (Å²) in [7, 11) is 3.37. The van der Waals surface area contributed by atoms with Gasteiger partial charge in [-0.1, -0.05) is 19.9 Å². The third kappa shape index (κ3) is 7.52. The molecule has 0 aliphatic carbocycles. The number of hydrogen-bond donors (Lipinski definition) is 5. The van der Waals surface area contributed by atoms with E-state index in [9.17, 15) is 10.4 Å². The average molecular weight is 571 g/mol. The zero-order chi connectivity index (χ0) is 27.9. The van der Waals surface area contributed by atoms with Gasteiger partial charge in [0.15, 0.2) is 5.69 Å². The SMILES string of the molecule is CC.CN(C)[N+](O)(S)c1ccc([N+](O)(S)Nc2cccc(F)c2N2CCC(CN3CCOCC3)CC2)cc1. The molecule has 0 radical (unpaired) electrons. The van der Waals surface area contributed by atoms with Gasteiger partial charge in [0.25, 0.3) is 0 Å². The van der Waals surface area contributed by atoms with E-state index in [1.165, 1.54) is 11.1 Å². The number of halogens is 1. The van der Waals surface area contributed by atoms with Gasteiger partial charge in [0, 0.05) is 75.2 Å². The molecule has 2 aromatic carbocycles. The Morgan fingerprint density at radius 3 is 2.13 bits per heavy atom. The Kier molecular flexibility index (Phi) is 11.1. The van der Waals surface area contributed by atoms with E-state index in [4.69, 9.17) is 4.74 Å². The van der Waals surface area contributed by atoms with Crippen molar-refractivity contribution in [1.82, 2.24) is 18.2 Å². The summed E-state index contributed by atoms with van der Waals surface area (Å²) in [5.41, 5.74) is 4.69. The van der Waals surface area contributed by atoms with Crippen molar-refractivity contribution in [3.63, 3.8) is 0 Å². The lowest BCUT2D eigenvalue weighted by atomic mass is 9.95. The third-order valence-corrected chi connectivity index (χ3v) is 7.85. The quantitative estimate of drug-likeness (QED) is 0.174. The number of thiol groups is 2. The minimum absolute atomic E-state index is 0.348. The molecule has 9 nitrogen and oxygen atoms in total. The van der Waals surface area contributed by atoms with Crippen LogP contribution in [0.3, 0.4) is 0 Å². The summed E-state index contributed by atoms with van der Waals surface area (Å²) >= 11 is 8.64. The highest BCUT2D eigenvalue weighted by Gasteiger charge is 2.33. The van der Waals surface area contributed by atoms with Gasteiger partial charge >= 0.3 is 0 Å². The number of nitrogens with zero attached hydrogens (tertiary/aromatic N) is 5. The number of piperidine rings is 1. The van der Waals surface area contributed by atoms with E-state index >= 15 is 4.39 Å². The Morgan fingerprint density at radius 2 is 1.55 bits per heavy atom. The van der Waals surface area contributed by atoms with Crippen molar-refractivity contribution in [3.05, 3.63) is 48.3 Å². The number of ether oxygens (including phenoxy) is 1. The first-order valence-corrected chi connectivity index (χ1v) is 14.0. The van der Waals surface area contributed by atoms with Gasteiger partial charge < -0.3 is 9.64 Å². The molecule has 2 saturated heterocycles. The maximum Gasteiger partial charge on any atom is 0.204 e. The normalized spacial score (nSPS) is 20.3. The standard InChI is InChI=1S/C24H37FN6O3S2.C2H6/c1-27(2)31(33,36)21-8-6-20(7-9-21)30(32,35)26-23-5-3-4-22(25)24(23)29-12-10-19(11-13-29)18-28-14-16-34-17-15-28;1-2/h3-9,19,26,32-33,35-36H,10-18H2,1-2H3;1-2H3/q+2;. The van der Waals surface area contributed by atoms with Crippen molar-refractivity contribution in [2.75, 3.05) is 70.4 Å².